The molecule has 1 atom stereocenters. The molecule has 0 aliphatic rings. The lowest BCUT2D eigenvalue weighted by atomic mass is 10.00. The number of guanidine groups is 1. The van der Waals surface area contributed by atoms with Crippen LogP contribution in [0.4, 0.5) is 0 Å². The molecule has 2 rings (SSSR count). The number of nitrogens with one attached hydrogen (secondary N) is 2. The van der Waals surface area contributed by atoms with Crippen LogP contribution in [-0.2, 0) is 6.42 Å². The Morgan fingerprint density at radius 3 is 2.68 bits per heavy atom. The smallest absolute Gasteiger partial charge is 0.191 e. The second kappa shape index (κ2) is 9.25. The molecule has 136 valence electrons. The Bertz CT molecular complexity index is 686. The predicted octanol–water partition coefficient (Wildman–Crippen LogP) is 3.50. The number of aryl methyl sites for hydroxylation is 3. The van der Waals surface area contributed by atoms with Crippen LogP contribution in [-0.4, -0.2) is 30.8 Å². The lowest BCUT2D eigenvalue weighted by Crippen LogP contribution is -2.38. The Hall–Kier alpha value is -2.30. The molecule has 1 unspecified atom stereocenters. The highest BCUT2D eigenvalue weighted by Crippen LogP contribution is 2.16. The summed E-state index contributed by atoms with van der Waals surface area (Å²) in [6.07, 6.45) is 0.874. The van der Waals surface area contributed by atoms with Crippen molar-refractivity contribution in [2.24, 2.45) is 4.99 Å². The summed E-state index contributed by atoms with van der Waals surface area (Å²) in [6, 6.07) is 8.64. The van der Waals surface area contributed by atoms with Gasteiger partial charge in [0.1, 0.15) is 5.76 Å². The second-order valence-corrected chi connectivity index (χ2v) is 6.51. The number of aromatic nitrogens is 1. The van der Waals surface area contributed by atoms with Gasteiger partial charge in [-0.1, -0.05) is 41.9 Å². The minimum Gasteiger partial charge on any atom is -0.361 e. The van der Waals surface area contributed by atoms with E-state index in [-0.39, 0.29) is 0 Å². The van der Waals surface area contributed by atoms with Crippen molar-refractivity contribution in [3.8, 4) is 0 Å². The zero-order valence-corrected chi connectivity index (χ0v) is 16.0. The zero-order chi connectivity index (χ0) is 18.2. The van der Waals surface area contributed by atoms with Crippen LogP contribution in [0.5, 0.6) is 0 Å². The summed E-state index contributed by atoms with van der Waals surface area (Å²) in [7, 11) is 0. The zero-order valence-electron chi connectivity index (χ0n) is 16.0. The molecular formula is C20H30N4O. The summed E-state index contributed by atoms with van der Waals surface area (Å²) < 4.78 is 5.21. The van der Waals surface area contributed by atoms with Gasteiger partial charge in [0.15, 0.2) is 5.96 Å². The van der Waals surface area contributed by atoms with Gasteiger partial charge < -0.3 is 15.2 Å². The standard InChI is InChI=1S/C20H30N4O/c1-6-21-20(22-11-10-19-16(4)24-25-17(19)5)23-13-15(3)18-9-7-8-14(2)12-18/h7-9,12,15H,6,10-11,13H2,1-5H3,(H2,21,22,23). The molecule has 0 saturated heterocycles. The first-order valence-electron chi connectivity index (χ1n) is 9.01. The second-order valence-electron chi connectivity index (χ2n) is 6.51. The number of aliphatic imine (C=N–C) groups is 1. The molecule has 1 heterocycles. The molecule has 5 nitrogen and oxygen atoms in total. The van der Waals surface area contributed by atoms with Crippen molar-refractivity contribution in [2.45, 2.75) is 47.0 Å². The minimum atomic E-state index is 0.387. The van der Waals surface area contributed by atoms with Gasteiger partial charge in [-0.3, -0.25) is 4.99 Å². The van der Waals surface area contributed by atoms with Crippen LogP contribution in [0.3, 0.4) is 0 Å². The van der Waals surface area contributed by atoms with Crippen LogP contribution in [0.15, 0.2) is 33.8 Å². The van der Waals surface area contributed by atoms with E-state index >= 15 is 0 Å². The van der Waals surface area contributed by atoms with Crippen molar-refractivity contribution in [3.63, 3.8) is 0 Å². The molecule has 25 heavy (non-hydrogen) atoms. The fraction of sp³-hybridized carbons (Fsp3) is 0.500. The van der Waals surface area contributed by atoms with Gasteiger partial charge in [-0.05, 0) is 39.7 Å². The van der Waals surface area contributed by atoms with E-state index in [1.54, 1.807) is 0 Å². The summed E-state index contributed by atoms with van der Waals surface area (Å²) in [6.45, 7) is 12.8. The molecule has 1 aromatic heterocycles. The molecule has 0 amide bonds. The van der Waals surface area contributed by atoms with Gasteiger partial charge in [-0.15, -0.1) is 0 Å². The lowest BCUT2D eigenvalue weighted by Gasteiger charge is -2.14. The van der Waals surface area contributed by atoms with Gasteiger partial charge in [0.2, 0.25) is 0 Å². The van der Waals surface area contributed by atoms with Crippen molar-refractivity contribution < 1.29 is 4.52 Å². The maximum absolute atomic E-state index is 5.21. The summed E-state index contributed by atoms with van der Waals surface area (Å²) in [5.74, 6) is 2.14. The van der Waals surface area contributed by atoms with E-state index in [9.17, 15) is 0 Å². The van der Waals surface area contributed by atoms with Gasteiger partial charge in [-0.2, -0.15) is 0 Å². The summed E-state index contributed by atoms with van der Waals surface area (Å²) in [5, 5.41) is 10.7. The Balaban J connectivity index is 1.91. The van der Waals surface area contributed by atoms with E-state index in [2.05, 4.69) is 60.8 Å². The Kier molecular flexibility index (Phi) is 7.04. The first kappa shape index (κ1) is 19.0. The van der Waals surface area contributed by atoms with E-state index < -0.39 is 0 Å². The Labute approximate surface area is 150 Å². The molecular weight excluding hydrogens is 312 g/mol. The summed E-state index contributed by atoms with van der Waals surface area (Å²) in [4.78, 5) is 4.74. The van der Waals surface area contributed by atoms with Gasteiger partial charge in [0.25, 0.3) is 0 Å². The number of hydrogen-bond donors (Lipinski definition) is 2. The predicted molar refractivity (Wildman–Crippen MR) is 103 cm³/mol. The van der Waals surface area contributed by atoms with Gasteiger partial charge >= 0.3 is 0 Å². The van der Waals surface area contributed by atoms with Gasteiger partial charge in [0.05, 0.1) is 5.69 Å². The van der Waals surface area contributed by atoms with Crippen LogP contribution in [0.25, 0.3) is 0 Å². The van der Waals surface area contributed by atoms with E-state index in [0.29, 0.717) is 5.92 Å². The largest absolute Gasteiger partial charge is 0.361 e. The first-order chi connectivity index (χ1) is 12.0. The highest BCUT2D eigenvalue weighted by atomic mass is 16.5. The van der Waals surface area contributed by atoms with Gasteiger partial charge in [-0.25, -0.2) is 0 Å². The van der Waals surface area contributed by atoms with Crippen LogP contribution in [0.2, 0.25) is 0 Å². The Morgan fingerprint density at radius 1 is 1.24 bits per heavy atom. The third-order valence-electron chi connectivity index (χ3n) is 4.33. The van der Waals surface area contributed by atoms with Crippen LogP contribution in [0, 0.1) is 20.8 Å². The maximum atomic E-state index is 5.21. The molecule has 2 N–H and O–H groups in total. The molecule has 2 aromatic rings. The monoisotopic (exact) mass is 342 g/mol. The summed E-state index contributed by atoms with van der Waals surface area (Å²) in [5.41, 5.74) is 4.76. The average molecular weight is 342 g/mol. The highest BCUT2D eigenvalue weighted by Gasteiger charge is 2.09. The first-order valence-corrected chi connectivity index (χ1v) is 9.01. The van der Waals surface area contributed by atoms with E-state index in [1.807, 2.05) is 13.8 Å². The lowest BCUT2D eigenvalue weighted by molar-refractivity contribution is 0.392. The number of hydrogen-bond acceptors (Lipinski definition) is 3. The van der Waals surface area contributed by atoms with Crippen molar-refractivity contribution >= 4 is 5.96 Å². The molecule has 0 radical (unpaired) electrons. The molecule has 5 heteroatoms. The third-order valence-corrected chi connectivity index (χ3v) is 4.33. The van der Waals surface area contributed by atoms with E-state index in [1.165, 1.54) is 16.7 Å². The third kappa shape index (κ3) is 5.62. The van der Waals surface area contributed by atoms with Crippen LogP contribution >= 0.6 is 0 Å². The molecule has 0 aliphatic carbocycles. The summed E-state index contributed by atoms with van der Waals surface area (Å²) >= 11 is 0. The van der Waals surface area contributed by atoms with Crippen molar-refractivity contribution in [3.05, 3.63) is 52.4 Å². The minimum absolute atomic E-state index is 0.387. The van der Waals surface area contributed by atoms with E-state index in [0.717, 1.165) is 43.5 Å². The van der Waals surface area contributed by atoms with Crippen LogP contribution < -0.4 is 10.6 Å². The molecule has 0 saturated carbocycles. The molecule has 1 aromatic carbocycles. The maximum Gasteiger partial charge on any atom is 0.191 e. The SMILES string of the molecule is CCNC(=NCC(C)c1cccc(C)c1)NCCc1c(C)noc1C. The number of benzene rings is 1. The van der Waals surface area contributed by atoms with E-state index in [4.69, 9.17) is 9.52 Å². The molecule has 0 spiro atoms. The highest BCUT2D eigenvalue weighted by molar-refractivity contribution is 5.79. The van der Waals surface area contributed by atoms with Gasteiger partial charge in [0, 0.05) is 31.1 Å². The normalized spacial score (nSPS) is 12.9. The van der Waals surface area contributed by atoms with Crippen molar-refractivity contribution in [2.75, 3.05) is 19.6 Å². The quantitative estimate of drug-likeness (QED) is 0.597. The van der Waals surface area contributed by atoms with Crippen molar-refractivity contribution in [1.82, 2.24) is 15.8 Å². The topological polar surface area (TPSA) is 62.5 Å². The fourth-order valence-electron chi connectivity index (χ4n) is 2.82. The number of nitrogens with zero attached hydrogens (tertiary/aromatic N) is 2. The molecule has 0 fully saturated rings. The molecule has 0 bridgehead atoms. The van der Waals surface area contributed by atoms with Crippen LogP contribution in [0.1, 0.15) is 47.9 Å². The number of rotatable bonds is 7. The fourth-order valence-corrected chi connectivity index (χ4v) is 2.82. The Morgan fingerprint density at radius 2 is 2.04 bits per heavy atom. The van der Waals surface area contributed by atoms with Crippen molar-refractivity contribution in [1.29, 1.82) is 0 Å². The molecule has 0 aliphatic heterocycles. The average Bonchev–Trinajstić information content (AvgIpc) is 2.91.